The zero-order valence-electron chi connectivity index (χ0n) is 24.5. The van der Waals surface area contributed by atoms with Crippen molar-refractivity contribution in [1.29, 1.82) is 0 Å². The fourth-order valence-electron chi connectivity index (χ4n) is 3.34. The van der Waals surface area contributed by atoms with Crippen LogP contribution in [0.4, 0.5) is 35.9 Å². The summed E-state index contributed by atoms with van der Waals surface area (Å²) >= 11 is 0. The maximum Gasteiger partial charge on any atom is 0.510 e. The van der Waals surface area contributed by atoms with Gasteiger partial charge in [-0.1, -0.05) is 0 Å². The fraction of sp³-hybridized carbons (Fsp3) is 0.333. The van der Waals surface area contributed by atoms with Gasteiger partial charge in [0.05, 0.1) is 19.2 Å². The van der Waals surface area contributed by atoms with E-state index in [1.807, 2.05) is 0 Å². The van der Waals surface area contributed by atoms with Crippen LogP contribution in [0, 0.1) is 0 Å². The second-order valence-electron chi connectivity index (χ2n) is 8.96. The number of carboxylic acid groups (broad SMARTS) is 3. The number of aliphatic carboxylic acids is 3. The normalized spacial score (nSPS) is 11.3. The first-order valence-electron chi connectivity index (χ1n) is 13.1. The van der Waals surface area contributed by atoms with Crippen LogP contribution in [0.5, 0.6) is 0 Å². The van der Waals surface area contributed by atoms with E-state index in [1.165, 1.54) is 40.0 Å². The van der Waals surface area contributed by atoms with Crippen molar-refractivity contribution in [3.8, 4) is 22.9 Å². The van der Waals surface area contributed by atoms with E-state index < -0.39 is 93.7 Å². The van der Waals surface area contributed by atoms with E-state index in [0.717, 1.165) is 0 Å². The summed E-state index contributed by atoms with van der Waals surface area (Å²) in [6.07, 6.45) is -8.11. The van der Waals surface area contributed by atoms with Crippen molar-refractivity contribution >= 4 is 36.0 Å². The number of carboxylic acids is 3. The van der Waals surface area contributed by atoms with Gasteiger partial charge in [-0.25, -0.2) is 39.0 Å². The third-order valence-electron chi connectivity index (χ3n) is 5.37. The highest BCUT2D eigenvalue weighted by atomic mass is 19.4. The molecule has 20 nitrogen and oxygen atoms in total. The van der Waals surface area contributed by atoms with Crippen molar-refractivity contribution in [2.45, 2.75) is 38.7 Å². The number of halogens is 6. The van der Waals surface area contributed by atoms with E-state index in [9.17, 15) is 45.5 Å². The Balaban J connectivity index is 0.000000872. The molecule has 4 aromatic rings. The van der Waals surface area contributed by atoms with Crippen molar-refractivity contribution in [3.63, 3.8) is 0 Å². The maximum absolute atomic E-state index is 13.6. The standard InChI is InChI=1S/C22H19F3N8O10.C2HF3O2/c23-22(24,25)18-29-17(33(30-18)11-43-21(39)41-7-3-14(36)37)15-16(32-5-1-4-26-19(32)28-15)12-8-31(9-27-12)10-42-20(38)40-6-2-13(34)35;3-2(4,5)1(6)7/h1,4-5,8-9H,2-3,6-7,10-11H2,(H,34,35)(H,36,37);(H,6,7). The molecule has 0 saturated carbocycles. The average Bonchev–Trinajstić information content (AvgIpc) is 3.75. The molecule has 0 saturated heterocycles. The Morgan fingerprint density at radius 2 is 1.38 bits per heavy atom. The summed E-state index contributed by atoms with van der Waals surface area (Å²) in [5, 5.41) is 27.7. The van der Waals surface area contributed by atoms with Crippen LogP contribution < -0.4 is 0 Å². The van der Waals surface area contributed by atoms with E-state index >= 15 is 0 Å². The summed E-state index contributed by atoms with van der Waals surface area (Å²) in [7, 11) is 0. The van der Waals surface area contributed by atoms with Crippen LogP contribution in [-0.4, -0.2) is 104 Å². The van der Waals surface area contributed by atoms with Gasteiger partial charge in [0.2, 0.25) is 5.78 Å². The van der Waals surface area contributed by atoms with Gasteiger partial charge < -0.3 is 38.8 Å². The van der Waals surface area contributed by atoms with Crippen LogP contribution in [0.25, 0.3) is 28.7 Å². The first kappa shape index (κ1) is 38.0. The van der Waals surface area contributed by atoms with Gasteiger partial charge in [-0.15, -0.1) is 5.10 Å². The number of rotatable bonds is 12. The van der Waals surface area contributed by atoms with Gasteiger partial charge in [0.25, 0.3) is 5.82 Å². The summed E-state index contributed by atoms with van der Waals surface area (Å²) in [4.78, 5) is 69.6. The molecule has 0 radical (unpaired) electrons. The molecule has 4 aromatic heterocycles. The Kier molecular flexibility index (Phi) is 12.2. The van der Waals surface area contributed by atoms with Crippen molar-refractivity contribution in [3.05, 3.63) is 36.8 Å². The number of carbonyl (C=O) groups is 5. The number of ether oxygens (including phenoxy) is 4. The lowest BCUT2D eigenvalue weighted by molar-refractivity contribution is -0.192. The molecule has 0 aliphatic carbocycles. The highest BCUT2D eigenvalue weighted by Gasteiger charge is 2.39. The molecule has 0 unspecified atom stereocenters. The molecule has 0 aliphatic rings. The quantitative estimate of drug-likeness (QED) is 0.140. The number of nitrogens with zero attached hydrogens (tertiary/aromatic N) is 8. The topological polar surface area (TPSA) is 262 Å². The Bertz CT molecular complexity index is 1850. The molecule has 26 heteroatoms. The van der Waals surface area contributed by atoms with E-state index in [1.54, 1.807) is 0 Å². The van der Waals surface area contributed by atoms with E-state index in [-0.39, 0.29) is 22.9 Å². The van der Waals surface area contributed by atoms with Gasteiger partial charge in [0.15, 0.2) is 19.3 Å². The second-order valence-corrected chi connectivity index (χ2v) is 8.96. The fourth-order valence-corrected chi connectivity index (χ4v) is 3.34. The Morgan fingerprint density at radius 1 is 0.800 bits per heavy atom. The van der Waals surface area contributed by atoms with Gasteiger partial charge in [0, 0.05) is 18.6 Å². The zero-order valence-corrected chi connectivity index (χ0v) is 24.5. The summed E-state index contributed by atoms with van der Waals surface area (Å²) in [5.41, 5.74) is -0.0171. The van der Waals surface area contributed by atoms with Crippen molar-refractivity contribution in [1.82, 2.24) is 38.7 Å². The number of imidazole rings is 2. The highest BCUT2D eigenvalue weighted by molar-refractivity contribution is 5.76. The number of fused-ring (bicyclic) bond motifs is 1. The first-order chi connectivity index (χ1) is 23.4. The Labute approximate surface area is 271 Å². The molecule has 0 spiro atoms. The molecule has 0 aromatic carbocycles. The lowest BCUT2D eigenvalue weighted by Crippen LogP contribution is -2.21. The third kappa shape index (κ3) is 10.8. The minimum absolute atomic E-state index is 0.0254. The molecule has 0 amide bonds. The van der Waals surface area contributed by atoms with E-state index in [0.29, 0.717) is 4.68 Å². The lowest BCUT2D eigenvalue weighted by atomic mass is 10.2. The predicted octanol–water partition coefficient (Wildman–Crippen LogP) is 2.67. The van der Waals surface area contributed by atoms with Crippen LogP contribution in [0.1, 0.15) is 18.7 Å². The summed E-state index contributed by atoms with van der Waals surface area (Å²) < 4.78 is 94.6. The number of alkyl halides is 6. The monoisotopic (exact) mass is 726 g/mol. The molecule has 0 bridgehead atoms. The Morgan fingerprint density at radius 3 is 1.92 bits per heavy atom. The maximum atomic E-state index is 13.6. The molecular formula is C24H20F6N8O12. The van der Waals surface area contributed by atoms with E-state index in [2.05, 4.69) is 34.5 Å². The predicted molar refractivity (Wildman–Crippen MR) is 141 cm³/mol. The van der Waals surface area contributed by atoms with Crippen LogP contribution in [0.2, 0.25) is 0 Å². The molecule has 4 heterocycles. The molecule has 0 atom stereocenters. The van der Waals surface area contributed by atoms with Crippen LogP contribution in [0.15, 0.2) is 31.0 Å². The van der Waals surface area contributed by atoms with E-state index in [4.69, 9.17) is 29.6 Å². The number of hydrogen-bond donors (Lipinski definition) is 3. The number of aromatic nitrogens is 8. The Hall–Kier alpha value is -6.50. The molecule has 0 fully saturated rings. The molecule has 270 valence electrons. The molecule has 3 N–H and O–H groups in total. The van der Waals surface area contributed by atoms with Gasteiger partial charge in [-0.3, -0.25) is 14.0 Å². The largest absolute Gasteiger partial charge is 0.510 e. The zero-order chi connectivity index (χ0) is 37.2. The third-order valence-corrected chi connectivity index (χ3v) is 5.37. The second kappa shape index (κ2) is 16.1. The van der Waals surface area contributed by atoms with Crippen molar-refractivity contribution < 1.29 is 84.6 Å². The van der Waals surface area contributed by atoms with Crippen molar-refractivity contribution in [2.75, 3.05) is 13.2 Å². The smallest absolute Gasteiger partial charge is 0.481 e. The lowest BCUT2D eigenvalue weighted by Gasteiger charge is -2.08. The van der Waals surface area contributed by atoms with Gasteiger partial charge in [0.1, 0.15) is 30.3 Å². The molecule has 50 heavy (non-hydrogen) atoms. The first-order valence-corrected chi connectivity index (χ1v) is 13.1. The molecule has 0 aliphatic heterocycles. The molecule has 4 rings (SSSR count). The van der Waals surface area contributed by atoms with Gasteiger partial charge >= 0.3 is 42.6 Å². The minimum atomic E-state index is -5.08. The average molecular weight is 726 g/mol. The number of carbonyl (C=O) groups excluding carboxylic acids is 2. The van der Waals surface area contributed by atoms with Crippen molar-refractivity contribution in [2.24, 2.45) is 0 Å². The van der Waals surface area contributed by atoms with Gasteiger partial charge in [-0.05, 0) is 6.07 Å². The summed E-state index contributed by atoms with van der Waals surface area (Å²) in [5.74, 6) is -7.24. The van der Waals surface area contributed by atoms with Crippen LogP contribution in [-0.2, 0) is 53.0 Å². The summed E-state index contributed by atoms with van der Waals surface area (Å²) in [6.45, 7) is -2.29. The minimum Gasteiger partial charge on any atom is -0.481 e. The SMILES string of the molecule is O=C(O)C(F)(F)F.O=C(O)CCOC(=O)OCn1cnc(-c2c(-c3nc(C(F)(F)F)nn3COC(=O)OCCC(=O)O)nc3ncccn23)c1. The van der Waals surface area contributed by atoms with Crippen LogP contribution >= 0.6 is 0 Å². The molecular weight excluding hydrogens is 706 g/mol. The van der Waals surface area contributed by atoms with Crippen LogP contribution in [0.3, 0.4) is 0 Å². The highest BCUT2D eigenvalue weighted by Crippen LogP contribution is 2.33. The number of hydrogen-bond acceptors (Lipinski definition) is 14. The summed E-state index contributed by atoms with van der Waals surface area (Å²) in [6, 6.07) is 1.51. The van der Waals surface area contributed by atoms with Gasteiger partial charge in [-0.2, -0.15) is 26.3 Å².